The molecule has 0 radical (unpaired) electrons. The number of nitrogens with zero attached hydrogens (tertiary/aromatic N) is 2. The second kappa shape index (κ2) is 4.75. The fourth-order valence-electron chi connectivity index (χ4n) is 0.629. The number of carbonyl (C=O) groups is 1. The van der Waals surface area contributed by atoms with E-state index in [4.69, 9.17) is 5.73 Å². The normalized spacial score (nSPS) is 8.67. The number of hydrogen-bond donors (Lipinski definition) is 1. The molecular weight excluding hydrogens is 153 g/mol. The zero-order valence-electron chi connectivity index (χ0n) is 6.65. The summed E-state index contributed by atoms with van der Waals surface area (Å²) >= 11 is 0. The molecular formula is C6H6LiN3O2. The minimum atomic E-state index is -1.21. The number of aromatic nitrogens is 2. The predicted molar refractivity (Wildman–Crippen MR) is 35.2 cm³/mol. The molecule has 1 rings (SSSR count). The van der Waals surface area contributed by atoms with Gasteiger partial charge in [0.05, 0.1) is 0 Å². The molecule has 0 amide bonds. The summed E-state index contributed by atoms with van der Waals surface area (Å²) in [4.78, 5) is 17.4. The number of nitrogen functional groups attached to an aromatic ring is 1. The number of nitrogens with two attached hydrogens (primary N) is 1. The second-order valence-electron chi connectivity index (χ2n) is 1.95. The van der Waals surface area contributed by atoms with Gasteiger partial charge in [-0.25, -0.2) is 9.97 Å². The largest absolute Gasteiger partial charge is 1.00 e. The zero-order chi connectivity index (χ0) is 8.27. The van der Waals surface area contributed by atoms with Crippen molar-refractivity contribution in [2.45, 2.75) is 6.42 Å². The molecule has 0 aromatic carbocycles. The number of carbonyl (C=O) groups excluding carboxylic acids is 1. The van der Waals surface area contributed by atoms with Crippen LogP contribution in [0.3, 0.4) is 0 Å². The van der Waals surface area contributed by atoms with Crippen LogP contribution in [0.25, 0.3) is 0 Å². The molecule has 1 aromatic heterocycles. The summed E-state index contributed by atoms with van der Waals surface area (Å²) in [6.45, 7) is 0. The van der Waals surface area contributed by atoms with Gasteiger partial charge in [-0.1, -0.05) is 0 Å². The molecule has 0 aliphatic carbocycles. The Kier molecular flexibility index (Phi) is 4.33. The summed E-state index contributed by atoms with van der Waals surface area (Å²) in [5.74, 6) is -0.781. The topological polar surface area (TPSA) is 91.9 Å². The van der Waals surface area contributed by atoms with Crippen LogP contribution < -0.4 is 29.7 Å². The monoisotopic (exact) mass is 159 g/mol. The molecule has 12 heavy (non-hydrogen) atoms. The van der Waals surface area contributed by atoms with Gasteiger partial charge in [0.25, 0.3) is 0 Å². The van der Waals surface area contributed by atoms with Crippen molar-refractivity contribution in [3.63, 3.8) is 0 Å². The maximum atomic E-state index is 10.0. The molecule has 0 saturated carbocycles. The maximum Gasteiger partial charge on any atom is 1.00 e. The molecule has 0 saturated heterocycles. The Labute approximate surface area is 81.2 Å². The van der Waals surface area contributed by atoms with E-state index in [1.165, 1.54) is 12.3 Å². The van der Waals surface area contributed by atoms with E-state index < -0.39 is 5.97 Å². The van der Waals surface area contributed by atoms with Crippen LogP contribution in [0, 0.1) is 0 Å². The van der Waals surface area contributed by atoms with Gasteiger partial charge in [0.15, 0.2) is 0 Å². The van der Waals surface area contributed by atoms with Crippen molar-refractivity contribution in [2.75, 3.05) is 5.73 Å². The van der Waals surface area contributed by atoms with E-state index in [9.17, 15) is 9.90 Å². The molecule has 2 N–H and O–H groups in total. The van der Waals surface area contributed by atoms with Crippen molar-refractivity contribution in [1.82, 2.24) is 9.97 Å². The second-order valence-corrected chi connectivity index (χ2v) is 1.95. The van der Waals surface area contributed by atoms with Crippen molar-refractivity contribution in [2.24, 2.45) is 0 Å². The van der Waals surface area contributed by atoms with Crippen molar-refractivity contribution in [1.29, 1.82) is 0 Å². The third kappa shape index (κ3) is 3.37. The molecule has 6 heteroatoms. The van der Waals surface area contributed by atoms with Crippen molar-refractivity contribution < 1.29 is 28.8 Å². The first-order chi connectivity index (χ1) is 5.18. The van der Waals surface area contributed by atoms with Gasteiger partial charge in [-0.05, 0) is 6.07 Å². The molecule has 1 aromatic rings. The number of aliphatic carboxylic acids is 1. The van der Waals surface area contributed by atoms with E-state index in [0.717, 1.165) is 0 Å². The smallest absolute Gasteiger partial charge is 0.550 e. The van der Waals surface area contributed by atoms with E-state index in [0.29, 0.717) is 0 Å². The van der Waals surface area contributed by atoms with Crippen LogP contribution in [0.4, 0.5) is 5.82 Å². The maximum absolute atomic E-state index is 10.0. The first-order valence-corrected chi connectivity index (χ1v) is 2.96. The van der Waals surface area contributed by atoms with Crippen molar-refractivity contribution >= 4 is 11.8 Å². The van der Waals surface area contributed by atoms with E-state index in [1.54, 1.807) is 0 Å². The first kappa shape index (κ1) is 10.9. The Balaban J connectivity index is 0.00000121. The first-order valence-electron chi connectivity index (χ1n) is 2.96. The van der Waals surface area contributed by atoms with Crippen LogP contribution in [0.5, 0.6) is 0 Å². The molecule has 0 unspecified atom stereocenters. The van der Waals surface area contributed by atoms with Gasteiger partial charge in [-0.2, -0.15) is 0 Å². The molecule has 5 nitrogen and oxygen atoms in total. The fraction of sp³-hybridized carbons (Fsp3) is 0.167. The van der Waals surface area contributed by atoms with Crippen LogP contribution in [-0.2, 0) is 11.2 Å². The van der Waals surface area contributed by atoms with Gasteiger partial charge in [0.1, 0.15) is 11.6 Å². The molecule has 0 bridgehead atoms. The van der Waals surface area contributed by atoms with E-state index >= 15 is 0 Å². The average molecular weight is 159 g/mol. The Bertz CT molecular complexity index is 279. The van der Waals surface area contributed by atoms with Gasteiger partial charge in [-0.3, -0.25) is 0 Å². The summed E-state index contributed by atoms with van der Waals surface area (Å²) in [6, 6.07) is 1.48. The van der Waals surface area contributed by atoms with Crippen molar-refractivity contribution in [3.05, 3.63) is 18.1 Å². The molecule has 0 atom stereocenters. The molecule has 0 fully saturated rings. The van der Waals surface area contributed by atoms with E-state index in [2.05, 4.69) is 9.97 Å². The summed E-state index contributed by atoms with van der Waals surface area (Å²) in [5, 5.41) is 10.0. The minimum Gasteiger partial charge on any atom is -0.550 e. The summed E-state index contributed by atoms with van der Waals surface area (Å²) in [6.07, 6.45) is 1.10. The van der Waals surface area contributed by atoms with Crippen LogP contribution in [0.1, 0.15) is 5.82 Å². The molecule has 0 aliphatic rings. The minimum absolute atomic E-state index is 0. The number of carboxylic acids is 1. The zero-order valence-corrected chi connectivity index (χ0v) is 6.65. The number of carboxylic acid groups (broad SMARTS) is 1. The molecule has 0 spiro atoms. The SMILES string of the molecule is Nc1ccnc(CC(=O)[O-])n1.[Li+]. The molecule has 58 valence electrons. The number of anilines is 1. The summed E-state index contributed by atoms with van der Waals surface area (Å²) in [5.41, 5.74) is 5.27. The fourth-order valence-corrected chi connectivity index (χ4v) is 0.629. The quantitative estimate of drug-likeness (QED) is 0.438. The molecule has 0 aliphatic heterocycles. The van der Waals surface area contributed by atoms with Crippen LogP contribution in [0.15, 0.2) is 12.3 Å². The third-order valence-corrected chi connectivity index (χ3v) is 1.03. The predicted octanol–water partition coefficient (Wildman–Crippen LogP) is -4.64. The van der Waals surface area contributed by atoms with Gasteiger partial charge in [0, 0.05) is 18.6 Å². The molecule has 1 heterocycles. The van der Waals surface area contributed by atoms with Gasteiger partial charge in [-0.15, -0.1) is 0 Å². The van der Waals surface area contributed by atoms with Crippen LogP contribution >= 0.6 is 0 Å². The Morgan fingerprint density at radius 1 is 1.67 bits per heavy atom. The standard InChI is InChI=1S/C6H7N3O2.Li/c7-4-1-2-8-5(9-4)3-6(10)11;/h1-2H,3H2,(H,10,11)(H2,7,8,9);/q;+1/p-1. The van der Waals surface area contributed by atoms with E-state index in [1.807, 2.05) is 0 Å². The summed E-state index contributed by atoms with van der Waals surface area (Å²) in [7, 11) is 0. The van der Waals surface area contributed by atoms with Gasteiger partial charge in [0.2, 0.25) is 0 Å². The van der Waals surface area contributed by atoms with Crippen molar-refractivity contribution in [3.8, 4) is 0 Å². The van der Waals surface area contributed by atoms with E-state index in [-0.39, 0.29) is 36.9 Å². The Hall–Kier alpha value is -1.05. The van der Waals surface area contributed by atoms with Crippen LogP contribution in [-0.4, -0.2) is 15.9 Å². The Morgan fingerprint density at radius 2 is 2.33 bits per heavy atom. The number of rotatable bonds is 2. The average Bonchev–Trinajstić information content (AvgIpc) is 1.85. The Morgan fingerprint density at radius 3 is 2.83 bits per heavy atom. The number of hydrogen-bond acceptors (Lipinski definition) is 5. The van der Waals surface area contributed by atoms with Gasteiger partial charge < -0.3 is 15.6 Å². The summed E-state index contributed by atoms with van der Waals surface area (Å²) < 4.78 is 0. The van der Waals surface area contributed by atoms with Crippen LogP contribution in [0.2, 0.25) is 0 Å². The van der Waals surface area contributed by atoms with Gasteiger partial charge >= 0.3 is 18.9 Å². The third-order valence-electron chi connectivity index (χ3n) is 1.03.